The molecule has 0 spiro atoms. The summed E-state index contributed by atoms with van der Waals surface area (Å²) in [6.45, 7) is 5.72. The van der Waals surface area contributed by atoms with E-state index in [0.29, 0.717) is 0 Å². The lowest BCUT2D eigenvalue weighted by Gasteiger charge is -2.13. The highest BCUT2D eigenvalue weighted by Gasteiger charge is 2.09. The number of carbonyl (C=O) groups excluding carboxylic acids is 1. The Kier molecular flexibility index (Phi) is 9.52. The van der Waals surface area contributed by atoms with Gasteiger partial charge in [0.2, 0.25) is 5.91 Å². The Balaban J connectivity index is 3.42. The van der Waals surface area contributed by atoms with Gasteiger partial charge in [0.05, 0.1) is 6.04 Å². The van der Waals surface area contributed by atoms with Crippen LogP contribution in [0.25, 0.3) is 0 Å². The van der Waals surface area contributed by atoms with Gasteiger partial charge >= 0.3 is 0 Å². The Morgan fingerprint density at radius 3 is 2.60 bits per heavy atom. The van der Waals surface area contributed by atoms with Crippen LogP contribution in [-0.2, 0) is 4.79 Å². The molecule has 0 aliphatic rings. The lowest BCUT2D eigenvalue weighted by atomic mass is 10.2. The third-order valence-corrected chi connectivity index (χ3v) is 2.26. The molecule has 0 saturated heterocycles. The van der Waals surface area contributed by atoms with Crippen LogP contribution in [0.4, 0.5) is 0 Å². The van der Waals surface area contributed by atoms with E-state index >= 15 is 0 Å². The molecule has 0 radical (unpaired) electrons. The summed E-state index contributed by atoms with van der Waals surface area (Å²) >= 11 is 0. The monoisotopic (exact) mass is 216 g/mol. The zero-order valence-electron chi connectivity index (χ0n) is 9.88. The highest BCUT2D eigenvalue weighted by Crippen LogP contribution is 1.88. The van der Waals surface area contributed by atoms with Crippen molar-refractivity contribution in [1.29, 1.82) is 0 Å². The van der Waals surface area contributed by atoms with Gasteiger partial charge in [0.15, 0.2) is 0 Å². The second kappa shape index (κ2) is 9.93. The molecule has 0 rings (SSSR count). The topological polar surface area (TPSA) is 61.4 Å². The van der Waals surface area contributed by atoms with E-state index in [1.54, 1.807) is 0 Å². The van der Waals surface area contributed by atoms with Crippen molar-refractivity contribution in [1.82, 2.24) is 10.6 Å². The fraction of sp³-hybridized carbons (Fsp3) is 0.909. The number of amides is 1. The van der Waals surface area contributed by atoms with E-state index in [-0.39, 0.29) is 18.6 Å². The first-order chi connectivity index (χ1) is 7.22. The molecule has 4 heteroatoms. The molecule has 0 saturated carbocycles. The number of hydrogen-bond donors (Lipinski definition) is 3. The van der Waals surface area contributed by atoms with E-state index in [2.05, 4.69) is 17.6 Å². The Labute approximate surface area is 92.4 Å². The average Bonchev–Trinajstić information content (AvgIpc) is 2.24. The summed E-state index contributed by atoms with van der Waals surface area (Å²) in [5.74, 6) is 0.0625. The molecule has 0 aromatic rings. The summed E-state index contributed by atoms with van der Waals surface area (Å²) in [7, 11) is 0. The molecule has 90 valence electrons. The largest absolute Gasteiger partial charge is 0.396 e. The van der Waals surface area contributed by atoms with Gasteiger partial charge in [-0.05, 0) is 32.7 Å². The summed E-state index contributed by atoms with van der Waals surface area (Å²) in [6.07, 6.45) is 3.82. The van der Waals surface area contributed by atoms with Gasteiger partial charge in [0.1, 0.15) is 0 Å². The summed E-state index contributed by atoms with van der Waals surface area (Å²) in [6, 6.07) is -0.138. The van der Waals surface area contributed by atoms with E-state index in [4.69, 9.17) is 5.11 Å². The van der Waals surface area contributed by atoms with Crippen LogP contribution >= 0.6 is 0 Å². The molecule has 0 aliphatic heterocycles. The molecule has 1 unspecified atom stereocenters. The summed E-state index contributed by atoms with van der Waals surface area (Å²) in [5, 5.41) is 14.6. The minimum absolute atomic E-state index is 0.0625. The molecule has 0 bridgehead atoms. The molecule has 0 heterocycles. The standard InChI is InChI=1S/C11H24N2O2/c1-3-4-7-13-11(15)10(2)12-8-5-6-9-14/h10,12,14H,3-9H2,1-2H3,(H,13,15). The molecule has 0 aromatic carbocycles. The van der Waals surface area contributed by atoms with E-state index in [1.807, 2.05) is 6.92 Å². The predicted molar refractivity (Wildman–Crippen MR) is 61.7 cm³/mol. The first-order valence-electron chi connectivity index (χ1n) is 5.84. The quantitative estimate of drug-likeness (QED) is 0.496. The van der Waals surface area contributed by atoms with Crippen LogP contribution < -0.4 is 10.6 Å². The third-order valence-electron chi connectivity index (χ3n) is 2.26. The number of rotatable bonds is 9. The number of aliphatic hydroxyl groups excluding tert-OH is 1. The number of aliphatic hydroxyl groups is 1. The van der Waals surface area contributed by atoms with Crippen molar-refractivity contribution in [2.45, 2.75) is 45.6 Å². The van der Waals surface area contributed by atoms with Crippen molar-refractivity contribution < 1.29 is 9.90 Å². The number of hydrogen-bond acceptors (Lipinski definition) is 3. The molecule has 4 nitrogen and oxygen atoms in total. The zero-order valence-corrected chi connectivity index (χ0v) is 9.88. The van der Waals surface area contributed by atoms with Crippen LogP contribution in [0.3, 0.4) is 0 Å². The van der Waals surface area contributed by atoms with E-state index in [1.165, 1.54) is 0 Å². The van der Waals surface area contributed by atoms with Gasteiger partial charge in [-0.25, -0.2) is 0 Å². The smallest absolute Gasteiger partial charge is 0.236 e. The van der Waals surface area contributed by atoms with Crippen molar-refractivity contribution in [2.75, 3.05) is 19.7 Å². The Morgan fingerprint density at radius 1 is 1.27 bits per heavy atom. The molecule has 0 aliphatic carbocycles. The average molecular weight is 216 g/mol. The van der Waals surface area contributed by atoms with Gasteiger partial charge in [-0.2, -0.15) is 0 Å². The number of unbranched alkanes of at least 4 members (excludes halogenated alkanes) is 2. The van der Waals surface area contributed by atoms with Gasteiger partial charge in [-0.1, -0.05) is 13.3 Å². The van der Waals surface area contributed by atoms with Gasteiger partial charge in [-0.15, -0.1) is 0 Å². The maximum atomic E-state index is 11.5. The van der Waals surface area contributed by atoms with Crippen LogP contribution in [0.5, 0.6) is 0 Å². The number of carbonyl (C=O) groups is 1. The van der Waals surface area contributed by atoms with Crippen molar-refractivity contribution in [3.8, 4) is 0 Å². The molecule has 1 atom stereocenters. The minimum atomic E-state index is -0.138. The van der Waals surface area contributed by atoms with Crippen LogP contribution in [0.2, 0.25) is 0 Å². The lowest BCUT2D eigenvalue weighted by Crippen LogP contribution is -2.42. The Hall–Kier alpha value is -0.610. The van der Waals surface area contributed by atoms with Crippen LogP contribution in [-0.4, -0.2) is 36.8 Å². The molecular weight excluding hydrogens is 192 g/mol. The predicted octanol–water partition coefficient (Wildman–Crippen LogP) is 0.653. The molecular formula is C11H24N2O2. The molecule has 0 aromatic heterocycles. The zero-order chi connectivity index (χ0) is 11.5. The maximum absolute atomic E-state index is 11.5. The number of nitrogens with one attached hydrogen (secondary N) is 2. The second-order valence-corrected chi connectivity index (χ2v) is 3.75. The molecule has 15 heavy (non-hydrogen) atoms. The van der Waals surface area contributed by atoms with Crippen LogP contribution in [0, 0.1) is 0 Å². The highest BCUT2D eigenvalue weighted by atomic mass is 16.2. The van der Waals surface area contributed by atoms with Gasteiger partial charge < -0.3 is 15.7 Å². The van der Waals surface area contributed by atoms with Crippen molar-refractivity contribution in [2.24, 2.45) is 0 Å². The summed E-state index contributed by atoms with van der Waals surface area (Å²) in [5.41, 5.74) is 0. The van der Waals surface area contributed by atoms with Crippen molar-refractivity contribution in [3.05, 3.63) is 0 Å². The molecule has 0 fully saturated rings. The fourth-order valence-corrected chi connectivity index (χ4v) is 1.19. The lowest BCUT2D eigenvalue weighted by molar-refractivity contribution is -0.122. The first-order valence-corrected chi connectivity index (χ1v) is 5.84. The third kappa shape index (κ3) is 8.39. The minimum Gasteiger partial charge on any atom is -0.396 e. The van der Waals surface area contributed by atoms with Crippen molar-refractivity contribution >= 4 is 5.91 Å². The van der Waals surface area contributed by atoms with E-state index in [0.717, 1.165) is 38.8 Å². The van der Waals surface area contributed by atoms with Crippen LogP contribution in [0.15, 0.2) is 0 Å². The van der Waals surface area contributed by atoms with E-state index < -0.39 is 0 Å². The Bertz CT molecular complexity index is 163. The normalized spacial score (nSPS) is 12.5. The first kappa shape index (κ1) is 14.4. The van der Waals surface area contributed by atoms with Crippen LogP contribution in [0.1, 0.15) is 39.5 Å². The molecule has 1 amide bonds. The Morgan fingerprint density at radius 2 is 2.00 bits per heavy atom. The summed E-state index contributed by atoms with van der Waals surface area (Å²) in [4.78, 5) is 11.5. The van der Waals surface area contributed by atoms with E-state index in [9.17, 15) is 4.79 Å². The van der Waals surface area contributed by atoms with Gasteiger partial charge in [-0.3, -0.25) is 4.79 Å². The van der Waals surface area contributed by atoms with Gasteiger partial charge in [0.25, 0.3) is 0 Å². The maximum Gasteiger partial charge on any atom is 0.236 e. The molecule has 3 N–H and O–H groups in total. The highest BCUT2D eigenvalue weighted by molar-refractivity contribution is 5.81. The SMILES string of the molecule is CCCCNC(=O)C(C)NCCCCO. The second-order valence-electron chi connectivity index (χ2n) is 3.75. The van der Waals surface area contributed by atoms with Crippen molar-refractivity contribution in [3.63, 3.8) is 0 Å². The van der Waals surface area contributed by atoms with Gasteiger partial charge in [0, 0.05) is 13.2 Å². The fourth-order valence-electron chi connectivity index (χ4n) is 1.19. The summed E-state index contributed by atoms with van der Waals surface area (Å²) < 4.78 is 0.